The van der Waals surface area contributed by atoms with E-state index < -0.39 is 28.5 Å². The Morgan fingerprint density at radius 1 is 0.949 bits per heavy atom. The Bertz CT molecular complexity index is 1380. The zero-order chi connectivity index (χ0) is 28.6. The van der Waals surface area contributed by atoms with Gasteiger partial charge < -0.3 is 15.0 Å². The van der Waals surface area contributed by atoms with Crippen LogP contribution in [0.2, 0.25) is 10.0 Å². The molecule has 2 amide bonds. The second-order valence-corrected chi connectivity index (χ2v) is 11.3. The smallest absolute Gasteiger partial charge is 0.264 e. The lowest BCUT2D eigenvalue weighted by Gasteiger charge is -2.32. The summed E-state index contributed by atoms with van der Waals surface area (Å²) in [4.78, 5) is 27.9. The number of benzene rings is 3. The fraction of sp³-hybridized carbons (Fsp3) is 0.286. The van der Waals surface area contributed by atoms with E-state index in [1.807, 2.05) is 6.92 Å². The van der Waals surface area contributed by atoms with Crippen molar-refractivity contribution in [2.45, 2.75) is 38.3 Å². The predicted molar refractivity (Wildman–Crippen MR) is 154 cm³/mol. The largest absolute Gasteiger partial charge is 0.494 e. The first kappa shape index (κ1) is 30.3. The van der Waals surface area contributed by atoms with Gasteiger partial charge in [0.05, 0.1) is 17.2 Å². The number of hydrogen-bond donors (Lipinski definition) is 1. The Hall–Kier alpha value is -3.27. The van der Waals surface area contributed by atoms with E-state index in [1.54, 1.807) is 62.4 Å². The second kappa shape index (κ2) is 13.7. The minimum absolute atomic E-state index is 0.00885. The van der Waals surface area contributed by atoms with Crippen LogP contribution in [0.25, 0.3) is 0 Å². The SMILES string of the molecule is CCNC(=O)C(C)N(Cc1ccccc1Cl)C(=O)CN(c1ccc(OCC)cc1)S(=O)(=O)c1ccc(Cl)cc1. The molecule has 39 heavy (non-hydrogen) atoms. The van der Waals surface area contributed by atoms with Gasteiger partial charge in [-0.2, -0.15) is 0 Å². The van der Waals surface area contributed by atoms with Crippen molar-refractivity contribution in [3.05, 3.63) is 88.4 Å². The minimum Gasteiger partial charge on any atom is -0.494 e. The van der Waals surface area contributed by atoms with Crippen LogP contribution >= 0.6 is 23.2 Å². The van der Waals surface area contributed by atoms with E-state index in [-0.39, 0.29) is 23.0 Å². The van der Waals surface area contributed by atoms with Crippen LogP contribution in [0.3, 0.4) is 0 Å². The zero-order valence-electron chi connectivity index (χ0n) is 21.9. The molecule has 1 unspecified atom stereocenters. The number of halogens is 2. The quantitative estimate of drug-likeness (QED) is 0.314. The highest BCUT2D eigenvalue weighted by molar-refractivity contribution is 7.92. The molecule has 3 aromatic rings. The molecule has 0 aliphatic heterocycles. The molecular formula is C28H31Cl2N3O5S. The molecular weight excluding hydrogens is 561 g/mol. The van der Waals surface area contributed by atoms with Gasteiger partial charge in [-0.25, -0.2) is 8.42 Å². The highest BCUT2D eigenvalue weighted by atomic mass is 35.5. The average molecular weight is 593 g/mol. The van der Waals surface area contributed by atoms with Crippen LogP contribution in [-0.4, -0.2) is 50.9 Å². The Morgan fingerprint density at radius 2 is 1.59 bits per heavy atom. The Labute approximate surface area is 239 Å². The number of hydrogen-bond acceptors (Lipinski definition) is 5. The third-order valence-corrected chi connectivity index (χ3v) is 8.34. The third kappa shape index (κ3) is 7.65. The van der Waals surface area contributed by atoms with Crippen molar-refractivity contribution < 1.29 is 22.7 Å². The summed E-state index contributed by atoms with van der Waals surface area (Å²) in [6.07, 6.45) is 0. The van der Waals surface area contributed by atoms with Crippen molar-refractivity contribution in [2.75, 3.05) is 24.0 Å². The molecule has 0 radical (unpaired) electrons. The lowest BCUT2D eigenvalue weighted by Crippen LogP contribution is -2.51. The van der Waals surface area contributed by atoms with Gasteiger partial charge in [0.1, 0.15) is 18.3 Å². The fourth-order valence-corrected chi connectivity index (χ4v) is 5.59. The van der Waals surface area contributed by atoms with Gasteiger partial charge in [-0.3, -0.25) is 13.9 Å². The molecule has 0 heterocycles. The first-order valence-corrected chi connectivity index (χ1v) is 14.6. The number of sulfonamides is 1. The molecule has 0 saturated carbocycles. The molecule has 0 fully saturated rings. The number of nitrogens with zero attached hydrogens (tertiary/aromatic N) is 2. The summed E-state index contributed by atoms with van der Waals surface area (Å²) in [5.41, 5.74) is 0.877. The molecule has 0 saturated heterocycles. The number of likely N-dealkylation sites (N-methyl/N-ethyl adjacent to an activating group) is 1. The summed E-state index contributed by atoms with van der Waals surface area (Å²) in [6.45, 7) is 5.47. The van der Waals surface area contributed by atoms with Crippen molar-refractivity contribution >= 4 is 50.7 Å². The Balaban J connectivity index is 2.04. The highest BCUT2D eigenvalue weighted by Gasteiger charge is 2.32. The van der Waals surface area contributed by atoms with Crippen molar-refractivity contribution in [3.8, 4) is 5.75 Å². The maximum Gasteiger partial charge on any atom is 0.264 e. The lowest BCUT2D eigenvalue weighted by atomic mass is 10.1. The molecule has 3 rings (SSSR count). The van der Waals surface area contributed by atoms with E-state index in [0.29, 0.717) is 34.5 Å². The molecule has 0 bridgehead atoms. The van der Waals surface area contributed by atoms with E-state index in [9.17, 15) is 18.0 Å². The summed E-state index contributed by atoms with van der Waals surface area (Å²) < 4.78 is 34.1. The van der Waals surface area contributed by atoms with Gasteiger partial charge in [0.15, 0.2) is 0 Å². The van der Waals surface area contributed by atoms with Crippen molar-refractivity contribution in [3.63, 3.8) is 0 Å². The lowest BCUT2D eigenvalue weighted by molar-refractivity contribution is -0.139. The summed E-state index contributed by atoms with van der Waals surface area (Å²) in [7, 11) is -4.20. The van der Waals surface area contributed by atoms with Gasteiger partial charge in [0, 0.05) is 23.1 Å². The zero-order valence-corrected chi connectivity index (χ0v) is 24.3. The molecule has 8 nitrogen and oxygen atoms in total. The van der Waals surface area contributed by atoms with Crippen molar-refractivity contribution in [2.24, 2.45) is 0 Å². The molecule has 11 heteroatoms. The van der Waals surface area contributed by atoms with Crippen LogP contribution in [0.5, 0.6) is 5.75 Å². The molecule has 0 aliphatic carbocycles. The number of rotatable bonds is 12. The summed E-state index contributed by atoms with van der Waals surface area (Å²) in [5.74, 6) is -0.396. The van der Waals surface area contributed by atoms with Gasteiger partial charge in [0.2, 0.25) is 11.8 Å². The standard InChI is InChI=1S/C28H31Cl2N3O5S/c1-4-31-28(35)20(3)32(18-21-8-6-7-9-26(21)30)27(34)19-33(23-12-14-24(15-13-23)38-5-2)39(36,37)25-16-10-22(29)11-17-25/h6-17,20H,4-5,18-19H2,1-3H3,(H,31,35). The molecule has 0 aliphatic rings. The first-order valence-electron chi connectivity index (χ1n) is 12.4. The first-order chi connectivity index (χ1) is 18.6. The number of ether oxygens (including phenoxy) is 1. The van der Waals surface area contributed by atoms with E-state index in [4.69, 9.17) is 27.9 Å². The predicted octanol–water partition coefficient (Wildman–Crippen LogP) is 5.14. The van der Waals surface area contributed by atoms with E-state index in [0.717, 1.165) is 4.31 Å². The van der Waals surface area contributed by atoms with Crippen molar-refractivity contribution in [1.29, 1.82) is 0 Å². The van der Waals surface area contributed by atoms with Crippen LogP contribution in [0.15, 0.2) is 77.7 Å². The summed E-state index contributed by atoms with van der Waals surface area (Å²) in [5, 5.41) is 3.52. The van der Waals surface area contributed by atoms with E-state index >= 15 is 0 Å². The molecule has 208 valence electrons. The Morgan fingerprint density at radius 3 is 2.18 bits per heavy atom. The van der Waals surface area contributed by atoms with Gasteiger partial charge >= 0.3 is 0 Å². The topological polar surface area (TPSA) is 96.0 Å². The van der Waals surface area contributed by atoms with Crippen LogP contribution in [-0.2, 0) is 26.2 Å². The van der Waals surface area contributed by atoms with Gasteiger partial charge in [-0.15, -0.1) is 0 Å². The average Bonchev–Trinajstić information content (AvgIpc) is 2.92. The highest BCUT2D eigenvalue weighted by Crippen LogP contribution is 2.28. The summed E-state index contributed by atoms with van der Waals surface area (Å²) in [6, 6.07) is 18.2. The van der Waals surface area contributed by atoms with Gasteiger partial charge in [0.25, 0.3) is 10.0 Å². The number of carbonyl (C=O) groups excluding carboxylic acids is 2. The van der Waals surface area contributed by atoms with Crippen LogP contribution in [0.1, 0.15) is 26.3 Å². The second-order valence-electron chi connectivity index (χ2n) is 8.58. The number of carbonyl (C=O) groups is 2. The van der Waals surface area contributed by atoms with Gasteiger partial charge in [-0.1, -0.05) is 41.4 Å². The monoisotopic (exact) mass is 591 g/mol. The number of nitrogens with one attached hydrogen (secondary N) is 1. The molecule has 0 spiro atoms. The number of amides is 2. The fourth-order valence-electron chi connectivity index (χ4n) is 3.85. The maximum atomic E-state index is 13.8. The molecule has 3 aromatic carbocycles. The third-order valence-electron chi connectivity index (χ3n) is 5.93. The summed E-state index contributed by atoms with van der Waals surface area (Å²) >= 11 is 12.3. The van der Waals surface area contributed by atoms with Crippen LogP contribution < -0.4 is 14.4 Å². The normalized spacial score (nSPS) is 11.9. The Kier molecular flexibility index (Phi) is 10.6. The molecule has 1 N–H and O–H groups in total. The maximum absolute atomic E-state index is 13.8. The van der Waals surface area contributed by atoms with Gasteiger partial charge in [-0.05, 0) is 80.9 Å². The molecule has 0 aromatic heterocycles. The van der Waals surface area contributed by atoms with E-state index in [1.165, 1.54) is 29.2 Å². The molecule has 1 atom stereocenters. The number of anilines is 1. The minimum atomic E-state index is -4.20. The van der Waals surface area contributed by atoms with Crippen LogP contribution in [0.4, 0.5) is 5.69 Å². The van der Waals surface area contributed by atoms with E-state index in [2.05, 4.69) is 5.32 Å². The van der Waals surface area contributed by atoms with Crippen LogP contribution in [0, 0.1) is 0 Å². The van der Waals surface area contributed by atoms with Crippen molar-refractivity contribution in [1.82, 2.24) is 10.2 Å².